The number of rotatable bonds is 3. The van der Waals surface area contributed by atoms with Crippen molar-refractivity contribution in [3.05, 3.63) is 35.9 Å². The molecule has 0 spiro atoms. The van der Waals surface area contributed by atoms with Gasteiger partial charge in [0.1, 0.15) is 5.60 Å². The summed E-state index contributed by atoms with van der Waals surface area (Å²) in [5.41, 5.74) is -1.17. The quantitative estimate of drug-likeness (QED) is 0.601. The molecule has 2 fully saturated rings. The summed E-state index contributed by atoms with van der Waals surface area (Å²) in [6.07, 6.45) is 1.16. The third-order valence-electron chi connectivity index (χ3n) is 5.47. The summed E-state index contributed by atoms with van der Waals surface area (Å²) in [5, 5.41) is 0. The second-order valence-electron chi connectivity index (χ2n) is 8.39. The first kappa shape index (κ1) is 19.4. The first-order valence-corrected chi connectivity index (χ1v) is 9.36. The Morgan fingerprint density at radius 1 is 1.19 bits per heavy atom. The van der Waals surface area contributed by atoms with Crippen LogP contribution in [0, 0.1) is 5.41 Å². The van der Waals surface area contributed by atoms with E-state index in [1.807, 2.05) is 30.3 Å². The summed E-state index contributed by atoms with van der Waals surface area (Å²) in [6, 6.07) is 8.63. The summed E-state index contributed by atoms with van der Waals surface area (Å²) < 4.78 is 10.7. The molecule has 1 amide bonds. The Bertz CT molecular complexity index is 739. The van der Waals surface area contributed by atoms with E-state index in [0.29, 0.717) is 12.8 Å². The molecule has 0 aliphatic carbocycles. The number of piperidine rings is 1. The number of amides is 1. The van der Waals surface area contributed by atoms with Gasteiger partial charge < -0.3 is 14.4 Å². The second-order valence-corrected chi connectivity index (χ2v) is 8.39. The molecule has 146 valence electrons. The number of carbonyl (C=O) groups excluding carboxylic acids is 3. The van der Waals surface area contributed by atoms with Crippen molar-refractivity contribution in [2.24, 2.45) is 5.41 Å². The number of carbonyl (C=O) groups is 3. The van der Waals surface area contributed by atoms with Gasteiger partial charge >= 0.3 is 12.1 Å². The number of hydrogen-bond acceptors (Lipinski definition) is 5. The van der Waals surface area contributed by atoms with Crippen molar-refractivity contribution in [3.63, 3.8) is 0 Å². The van der Waals surface area contributed by atoms with E-state index < -0.39 is 29.1 Å². The molecule has 3 atom stereocenters. The van der Waals surface area contributed by atoms with Crippen molar-refractivity contribution in [2.45, 2.75) is 64.1 Å². The summed E-state index contributed by atoms with van der Waals surface area (Å²) in [5.74, 6) is -0.722. The lowest BCUT2D eigenvalue weighted by atomic mass is 9.68. The van der Waals surface area contributed by atoms with Gasteiger partial charge in [-0.3, -0.25) is 9.59 Å². The Balaban J connectivity index is 2.02. The third-order valence-corrected chi connectivity index (χ3v) is 5.47. The van der Waals surface area contributed by atoms with Crippen LogP contribution in [0.1, 0.15) is 45.6 Å². The first-order valence-electron chi connectivity index (χ1n) is 9.36. The van der Waals surface area contributed by atoms with E-state index in [0.717, 1.165) is 5.56 Å². The first-order chi connectivity index (χ1) is 12.7. The van der Waals surface area contributed by atoms with E-state index in [-0.39, 0.29) is 24.7 Å². The number of benzene rings is 1. The predicted octanol–water partition coefficient (Wildman–Crippen LogP) is 3.13. The molecule has 3 unspecified atom stereocenters. The molecule has 2 saturated heterocycles. The summed E-state index contributed by atoms with van der Waals surface area (Å²) in [4.78, 5) is 40.6. The number of methoxy groups -OCH3 is 1. The van der Waals surface area contributed by atoms with Crippen LogP contribution in [0.2, 0.25) is 0 Å². The fraction of sp³-hybridized carbons (Fsp3) is 0.571. The van der Waals surface area contributed by atoms with Crippen LogP contribution in [0.5, 0.6) is 0 Å². The van der Waals surface area contributed by atoms with E-state index in [1.165, 1.54) is 7.11 Å². The second kappa shape index (κ2) is 6.98. The number of nitrogens with zero attached hydrogens (tertiary/aromatic N) is 1. The number of ether oxygens (including phenoxy) is 2. The predicted molar refractivity (Wildman–Crippen MR) is 99.1 cm³/mol. The zero-order valence-electron chi connectivity index (χ0n) is 16.4. The van der Waals surface area contributed by atoms with Crippen molar-refractivity contribution in [1.82, 2.24) is 4.90 Å². The standard InChI is InChI=1S/C21H27NO5/c1-20(2,3)27-19(25)22-15-10-11-16(22)21(17(23)12-15,18(24)26-4)13-14-8-6-5-7-9-14/h5-9,15-16H,10-13H2,1-4H3. The number of hydrogen-bond donors (Lipinski definition) is 0. The lowest BCUT2D eigenvalue weighted by molar-refractivity contribution is -0.165. The van der Waals surface area contributed by atoms with Gasteiger partial charge in [0.2, 0.25) is 0 Å². The highest BCUT2D eigenvalue weighted by atomic mass is 16.6. The maximum Gasteiger partial charge on any atom is 0.410 e. The summed E-state index contributed by atoms with van der Waals surface area (Å²) >= 11 is 0. The SMILES string of the molecule is COC(=O)C1(Cc2ccccc2)C(=O)CC2CCC1N2C(=O)OC(C)(C)C. The van der Waals surface area contributed by atoms with Crippen LogP contribution >= 0.6 is 0 Å². The zero-order chi connectivity index (χ0) is 19.8. The summed E-state index contributed by atoms with van der Waals surface area (Å²) in [6.45, 7) is 5.41. The molecule has 0 saturated carbocycles. The normalized spacial score (nSPS) is 27.4. The van der Waals surface area contributed by atoms with Crippen LogP contribution in [-0.2, 0) is 25.5 Å². The van der Waals surface area contributed by atoms with Crippen molar-refractivity contribution < 1.29 is 23.9 Å². The molecule has 2 aliphatic rings. The number of Topliss-reactive ketones (excluding diaryl/α,β-unsaturated/α-hetero) is 1. The van der Waals surface area contributed by atoms with E-state index >= 15 is 0 Å². The zero-order valence-corrected chi connectivity index (χ0v) is 16.4. The van der Waals surface area contributed by atoms with Gasteiger partial charge in [-0.1, -0.05) is 30.3 Å². The molecular weight excluding hydrogens is 346 g/mol. The van der Waals surface area contributed by atoms with Gasteiger partial charge in [0, 0.05) is 12.5 Å². The van der Waals surface area contributed by atoms with E-state index in [9.17, 15) is 14.4 Å². The van der Waals surface area contributed by atoms with Crippen LogP contribution in [-0.4, -0.2) is 47.5 Å². The van der Waals surface area contributed by atoms with E-state index in [1.54, 1.807) is 25.7 Å². The van der Waals surface area contributed by atoms with Crippen LogP contribution in [0.15, 0.2) is 30.3 Å². The molecule has 2 bridgehead atoms. The van der Waals surface area contributed by atoms with Gasteiger partial charge in [0.05, 0.1) is 13.2 Å². The van der Waals surface area contributed by atoms with Crippen molar-refractivity contribution in [2.75, 3.05) is 7.11 Å². The molecular formula is C21H27NO5. The minimum Gasteiger partial charge on any atom is -0.468 e. The molecule has 1 aromatic carbocycles. The van der Waals surface area contributed by atoms with Crippen LogP contribution in [0.3, 0.4) is 0 Å². The number of esters is 1. The molecule has 6 heteroatoms. The van der Waals surface area contributed by atoms with Gasteiger partial charge in [-0.25, -0.2) is 4.79 Å². The fourth-order valence-corrected chi connectivity index (χ4v) is 4.38. The molecule has 6 nitrogen and oxygen atoms in total. The Labute approximate surface area is 159 Å². The monoisotopic (exact) mass is 373 g/mol. The molecule has 1 aromatic rings. The van der Waals surface area contributed by atoms with Crippen molar-refractivity contribution in [1.29, 1.82) is 0 Å². The average Bonchev–Trinajstić information content (AvgIpc) is 2.96. The minimum absolute atomic E-state index is 0.148. The number of ketones is 1. The molecule has 27 heavy (non-hydrogen) atoms. The maximum atomic E-state index is 13.2. The summed E-state index contributed by atoms with van der Waals surface area (Å²) in [7, 11) is 1.29. The van der Waals surface area contributed by atoms with Gasteiger partial charge in [0.15, 0.2) is 11.2 Å². The minimum atomic E-state index is -1.39. The highest BCUT2D eigenvalue weighted by Crippen LogP contribution is 2.47. The molecule has 0 N–H and O–H groups in total. The van der Waals surface area contributed by atoms with E-state index in [2.05, 4.69) is 0 Å². The third kappa shape index (κ3) is 3.45. The van der Waals surface area contributed by atoms with Gasteiger partial charge in [-0.2, -0.15) is 0 Å². The highest BCUT2D eigenvalue weighted by Gasteiger charge is 2.63. The topological polar surface area (TPSA) is 72.9 Å². The highest BCUT2D eigenvalue weighted by molar-refractivity contribution is 6.06. The van der Waals surface area contributed by atoms with Gasteiger partial charge in [-0.15, -0.1) is 0 Å². The Morgan fingerprint density at radius 2 is 1.85 bits per heavy atom. The molecule has 0 radical (unpaired) electrons. The Hall–Kier alpha value is -2.37. The number of fused-ring (bicyclic) bond motifs is 2. The Morgan fingerprint density at radius 3 is 2.44 bits per heavy atom. The maximum absolute atomic E-state index is 13.2. The van der Waals surface area contributed by atoms with Crippen molar-refractivity contribution in [3.8, 4) is 0 Å². The molecule has 2 aliphatic heterocycles. The van der Waals surface area contributed by atoms with E-state index in [4.69, 9.17) is 9.47 Å². The van der Waals surface area contributed by atoms with Gasteiger partial charge in [-0.05, 0) is 45.6 Å². The molecule has 3 rings (SSSR count). The molecule has 0 aromatic heterocycles. The molecule has 2 heterocycles. The van der Waals surface area contributed by atoms with Crippen molar-refractivity contribution >= 4 is 17.8 Å². The lowest BCUT2D eigenvalue weighted by Crippen LogP contribution is -2.63. The largest absolute Gasteiger partial charge is 0.468 e. The Kier molecular flexibility index (Phi) is 5.02. The average molecular weight is 373 g/mol. The van der Waals surface area contributed by atoms with Crippen LogP contribution < -0.4 is 0 Å². The lowest BCUT2D eigenvalue weighted by Gasteiger charge is -2.45. The fourth-order valence-electron chi connectivity index (χ4n) is 4.38. The van der Waals surface area contributed by atoms with Gasteiger partial charge in [0.25, 0.3) is 0 Å². The van der Waals surface area contributed by atoms with Crippen LogP contribution in [0.4, 0.5) is 4.79 Å². The smallest absolute Gasteiger partial charge is 0.410 e. The van der Waals surface area contributed by atoms with Crippen LogP contribution in [0.25, 0.3) is 0 Å².